The van der Waals surface area contributed by atoms with Crippen molar-refractivity contribution in [1.29, 1.82) is 0 Å². The van der Waals surface area contributed by atoms with Crippen molar-refractivity contribution in [2.45, 2.75) is 39.7 Å². The summed E-state index contributed by atoms with van der Waals surface area (Å²) in [5, 5.41) is 3.47. The summed E-state index contributed by atoms with van der Waals surface area (Å²) in [7, 11) is 0. The van der Waals surface area contributed by atoms with Gasteiger partial charge in [0.2, 0.25) is 0 Å². The average Bonchev–Trinajstić information content (AvgIpc) is 2.37. The summed E-state index contributed by atoms with van der Waals surface area (Å²) in [5.74, 6) is 0. The van der Waals surface area contributed by atoms with Gasteiger partial charge in [-0.15, -0.1) is 0 Å². The highest BCUT2D eigenvalue weighted by Gasteiger charge is 2.12. The number of aryl methyl sites for hydroxylation is 1. The minimum Gasteiger partial charge on any atom is -0.381 e. The van der Waals surface area contributed by atoms with Crippen LogP contribution in [0.3, 0.4) is 0 Å². The molecule has 1 N–H and O–H groups in total. The molecule has 0 aliphatic carbocycles. The predicted octanol–water partition coefficient (Wildman–Crippen LogP) is 5.67. The zero-order valence-corrected chi connectivity index (χ0v) is 14.2. The maximum Gasteiger partial charge on any atom is 0.0411 e. The van der Waals surface area contributed by atoms with Gasteiger partial charge in [0.25, 0.3) is 0 Å². The quantitative estimate of drug-likeness (QED) is 0.764. The van der Waals surface area contributed by atoms with E-state index in [9.17, 15) is 0 Å². The van der Waals surface area contributed by atoms with Crippen LogP contribution in [0.2, 0.25) is 0 Å². The van der Waals surface area contributed by atoms with E-state index in [1.165, 1.54) is 16.7 Å². The van der Waals surface area contributed by atoms with Crippen LogP contribution in [-0.4, -0.2) is 0 Å². The molecule has 2 aromatic rings. The number of halogens is 1. The first kappa shape index (κ1) is 15.1. The first-order chi connectivity index (χ1) is 9.36. The summed E-state index contributed by atoms with van der Waals surface area (Å²) in [6.45, 7) is 9.64. The number of rotatable bonds is 3. The Labute approximate surface area is 130 Å². The second-order valence-corrected chi connectivity index (χ2v) is 7.13. The van der Waals surface area contributed by atoms with Crippen molar-refractivity contribution >= 4 is 21.6 Å². The molecule has 106 valence electrons. The molecule has 0 radical (unpaired) electrons. The Morgan fingerprint density at radius 1 is 1.00 bits per heavy atom. The summed E-state index contributed by atoms with van der Waals surface area (Å²) in [5.41, 5.74) is 5.27. The first-order valence-electron chi connectivity index (χ1n) is 6.96. The Balaban J connectivity index is 2.04. The highest BCUT2D eigenvalue weighted by molar-refractivity contribution is 9.10. The maximum atomic E-state index is 3.62. The SMILES string of the molecule is Cc1ccc(CNc2ccc(C(C)(C)C)cc2)c(Br)c1. The smallest absolute Gasteiger partial charge is 0.0411 e. The second-order valence-electron chi connectivity index (χ2n) is 6.28. The van der Waals surface area contributed by atoms with Crippen LogP contribution < -0.4 is 5.32 Å². The molecule has 0 fully saturated rings. The van der Waals surface area contributed by atoms with Gasteiger partial charge in [0.05, 0.1) is 0 Å². The van der Waals surface area contributed by atoms with E-state index in [1.54, 1.807) is 0 Å². The summed E-state index contributed by atoms with van der Waals surface area (Å²) in [6.07, 6.45) is 0. The molecular formula is C18H22BrN. The number of anilines is 1. The Hall–Kier alpha value is -1.28. The van der Waals surface area contributed by atoms with E-state index in [0.29, 0.717) is 0 Å². The van der Waals surface area contributed by atoms with Crippen molar-refractivity contribution in [2.24, 2.45) is 0 Å². The van der Waals surface area contributed by atoms with E-state index < -0.39 is 0 Å². The minimum absolute atomic E-state index is 0.207. The van der Waals surface area contributed by atoms with Crippen molar-refractivity contribution < 1.29 is 0 Å². The van der Waals surface area contributed by atoms with Crippen molar-refractivity contribution in [3.8, 4) is 0 Å². The van der Waals surface area contributed by atoms with Crippen LogP contribution in [0.15, 0.2) is 46.9 Å². The van der Waals surface area contributed by atoms with Crippen molar-refractivity contribution in [1.82, 2.24) is 0 Å². The highest BCUT2D eigenvalue weighted by atomic mass is 79.9. The lowest BCUT2D eigenvalue weighted by molar-refractivity contribution is 0.590. The van der Waals surface area contributed by atoms with Gasteiger partial charge in [0.1, 0.15) is 0 Å². The Kier molecular flexibility index (Phi) is 4.54. The van der Waals surface area contributed by atoms with Gasteiger partial charge < -0.3 is 5.32 Å². The molecule has 0 saturated carbocycles. The minimum atomic E-state index is 0.207. The zero-order chi connectivity index (χ0) is 14.8. The molecule has 0 atom stereocenters. The van der Waals surface area contributed by atoms with Crippen LogP contribution in [0.1, 0.15) is 37.5 Å². The summed E-state index contributed by atoms with van der Waals surface area (Å²) >= 11 is 3.62. The van der Waals surface area contributed by atoms with Crippen molar-refractivity contribution in [3.05, 3.63) is 63.6 Å². The molecule has 2 heteroatoms. The fraction of sp³-hybridized carbons (Fsp3) is 0.333. The topological polar surface area (TPSA) is 12.0 Å². The lowest BCUT2D eigenvalue weighted by Crippen LogP contribution is -2.10. The number of hydrogen-bond acceptors (Lipinski definition) is 1. The lowest BCUT2D eigenvalue weighted by atomic mass is 9.87. The molecule has 0 aliphatic rings. The van der Waals surface area contributed by atoms with Gasteiger partial charge >= 0.3 is 0 Å². The van der Waals surface area contributed by atoms with Gasteiger partial charge in [0.15, 0.2) is 0 Å². The standard InChI is InChI=1S/C18H22BrN/c1-13-5-6-14(17(19)11-13)12-20-16-9-7-15(8-10-16)18(2,3)4/h5-11,20H,12H2,1-4H3. The van der Waals surface area contributed by atoms with Crippen LogP contribution in [0, 0.1) is 6.92 Å². The van der Waals surface area contributed by atoms with E-state index in [1.807, 2.05) is 0 Å². The van der Waals surface area contributed by atoms with Gasteiger partial charge in [0, 0.05) is 16.7 Å². The number of hydrogen-bond donors (Lipinski definition) is 1. The third kappa shape index (κ3) is 3.86. The molecule has 1 nitrogen and oxygen atoms in total. The van der Waals surface area contributed by atoms with Crippen molar-refractivity contribution in [3.63, 3.8) is 0 Å². The Bertz CT molecular complexity index is 579. The van der Waals surface area contributed by atoms with E-state index in [-0.39, 0.29) is 5.41 Å². The normalized spacial score (nSPS) is 11.4. The third-order valence-corrected chi connectivity index (χ3v) is 4.18. The highest BCUT2D eigenvalue weighted by Crippen LogP contribution is 2.24. The first-order valence-corrected chi connectivity index (χ1v) is 7.75. The van der Waals surface area contributed by atoms with E-state index in [0.717, 1.165) is 16.7 Å². The molecule has 0 spiro atoms. The third-order valence-electron chi connectivity index (χ3n) is 3.44. The molecule has 2 rings (SSSR count). The molecule has 0 unspecified atom stereocenters. The molecule has 0 amide bonds. The Morgan fingerprint density at radius 2 is 1.65 bits per heavy atom. The van der Waals surface area contributed by atoms with Gasteiger partial charge in [-0.3, -0.25) is 0 Å². The molecule has 2 aromatic carbocycles. The maximum absolute atomic E-state index is 3.62. The van der Waals surface area contributed by atoms with Crippen LogP contribution in [0.4, 0.5) is 5.69 Å². The van der Waals surface area contributed by atoms with Crippen LogP contribution in [-0.2, 0) is 12.0 Å². The van der Waals surface area contributed by atoms with E-state index >= 15 is 0 Å². The molecular weight excluding hydrogens is 310 g/mol. The molecule has 0 bridgehead atoms. The molecule has 0 saturated heterocycles. The number of nitrogens with one attached hydrogen (secondary N) is 1. The monoisotopic (exact) mass is 331 g/mol. The predicted molar refractivity (Wildman–Crippen MR) is 91.3 cm³/mol. The molecule has 0 aliphatic heterocycles. The fourth-order valence-corrected chi connectivity index (χ4v) is 2.71. The van der Waals surface area contributed by atoms with E-state index in [2.05, 4.69) is 91.4 Å². The van der Waals surface area contributed by atoms with Crippen molar-refractivity contribution in [2.75, 3.05) is 5.32 Å². The lowest BCUT2D eigenvalue weighted by Gasteiger charge is -2.19. The van der Waals surface area contributed by atoms with Gasteiger partial charge in [-0.05, 0) is 47.2 Å². The van der Waals surface area contributed by atoms with Gasteiger partial charge in [-0.25, -0.2) is 0 Å². The largest absolute Gasteiger partial charge is 0.381 e. The van der Waals surface area contributed by atoms with Gasteiger partial charge in [-0.1, -0.05) is 61.0 Å². The molecule has 0 aromatic heterocycles. The van der Waals surface area contributed by atoms with Gasteiger partial charge in [-0.2, -0.15) is 0 Å². The zero-order valence-electron chi connectivity index (χ0n) is 12.6. The summed E-state index contributed by atoms with van der Waals surface area (Å²) in [4.78, 5) is 0. The fourth-order valence-electron chi connectivity index (χ4n) is 2.08. The van der Waals surface area contributed by atoms with Crippen LogP contribution in [0.5, 0.6) is 0 Å². The van der Waals surface area contributed by atoms with Crippen LogP contribution in [0.25, 0.3) is 0 Å². The summed E-state index contributed by atoms with van der Waals surface area (Å²) < 4.78 is 1.16. The average molecular weight is 332 g/mol. The molecule has 0 heterocycles. The van der Waals surface area contributed by atoms with E-state index in [4.69, 9.17) is 0 Å². The van der Waals surface area contributed by atoms with Crippen LogP contribution >= 0.6 is 15.9 Å². The molecule has 20 heavy (non-hydrogen) atoms. The number of benzene rings is 2. The summed E-state index contributed by atoms with van der Waals surface area (Å²) in [6, 6.07) is 15.2. The Morgan fingerprint density at radius 3 is 2.20 bits per heavy atom. The second kappa shape index (κ2) is 6.01.